The Morgan fingerprint density at radius 3 is 2.72 bits per heavy atom. The van der Waals surface area contributed by atoms with Crippen LogP contribution in [-0.2, 0) is 5.54 Å². The zero-order valence-electron chi connectivity index (χ0n) is 11.7. The van der Waals surface area contributed by atoms with E-state index in [1.807, 2.05) is 6.92 Å². The number of rotatable bonds is 2. The Hall–Kier alpha value is -1.28. The Labute approximate surface area is 110 Å². The molecule has 0 radical (unpaired) electrons. The molecule has 0 saturated carbocycles. The van der Waals surface area contributed by atoms with Crippen molar-refractivity contribution in [2.75, 3.05) is 0 Å². The van der Waals surface area contributed by atoms with Gasteiger partial charge in [-0.05, 0) is 37.0 Å². The second-order valence-corrected chi connectivity index (χ2v) is 5.62. The maximum atomic E-state index is 6.37. The van der Waals surface area contributed by atoms with Gasteiger partial charge in [0.1, 0.15) is 11.9 Å². The van der Waals surface area contributed by atoms with Crippen molar-refractivity contribution in [3.63, 3.8) is 0 Å². The zero-order valence-corrected chi connectivity index (χ0v) is 11.7. The molecule has 1 aliphatic rings. The fourth-order valence-electron chi connectivity index (χ4n) is 2.26. The van der Waals surface area contributed by atoms with Crippen LogP contribution in [0.4, 0.5) is 0 Å². The second-order valence-electron chi connectivity index (χ2n) is 5.62. The fourth-order valence-corrected chi connectivity index (χ4v) is 2.26. The predicted molar refractivity (Wildman–Crippen MR) is 75.9 cm³/mol. The molecule has 98 valence electrons. The lowest BCUT2D eigenvalue weighted by Crippen LogP contribution is -2.30. The van der Waals surface area contributed by atoms with E-state index in [1.165, 1.54) is 5.56 Å². The largest absolute Gasteiger partial charge is 0.486 e. The molecule has 0 amide bonds. The Balaban J connectivity index is 2.49. The minimum Gasteiger partial charge on any atom is -0.486 e. The molecule has 1 aliphatic heterocycles. The first-order valence-corrected chi connectivity index (χ1v) is 6.73. The summed E-state index contributed by atoms with van der Waals surface area (Å²) in [4.78, 5) is 0. The van der Waals surface area contributed by atoms with Gasteiger partial charge < -0.3 is 10.5 Å². The summed E-state index contributed by atoms with van der Waals surface area (Å²) < 4.78 is 6.07. The summed E-state index contributed by atoms with van der Waals surface area (Å²) >= 11 is 0. The number of benzene rings is 1. The van der Waals surface area contributed by atoms with E-state index < -0.39 is 5.54 Å². The molecular weight excluding hydrogens is 222 g/mol. The van der Waals surface area contributed by atoms with Crippen LogP contribution in [-0.4, -0.2) is 6.10 Å². The Morgan fingerprint density at radius 1 is 1.39 bits per heavy atom. The van der Waals surface area contributed by atoms with Crippen molar-refractivity contribution in [3.05, 3.63) is 41.5 Å². The van der Waals surface area contributed by atoms with E-state index in [4.69, 9.17) is 10.5 Å². The molecule has 2 N–H and O–H groups in total. The average molecular weight is 245 g/mol. The predicted octanol–water partition coefficient (Wildman–Crippen LogP) is 3.71. The van der Waals surface area contributed by atoms with E-state index in [0.717, 1.165) is 17.7 Å². The van der Waals surface area contributed by atoms with Gasteiger partial charge in [0.25, 0.3) is 0 Å². The van der Waals surface area contributed by atoms with Crippen LogP contribution >= 0.6 is 0 Å². The minimum atomic E-state index is -0.450. The molecule has 0 bridgehead atoms. The summed E-state index contributed by atoms with van der Waals surface area (Å²) in [6.45, 7) is 8.53. The molecule has 0 aromatic heterocycles. The van der Waals surface area contributed by atoms with Crippen molar-refractivity contribution in [1.29, 1.82) is 0 Å². The maximum Gasteiger partial charge on any atom is 0.125 e. The number of nitrogens with two attached hydrogens (primary N) is 1. The van der Waals surface area contributed by atoms with Gasteiger partial charge in [-0.25, -0.2) is 0 Å². The number of hydrogen-bond acceptors (Lipinski definition) is 2. The van der Waals surface area contributed by atoms with Crippen molar-refractivity contribution in [2.45, 2.75) is 51.7 Å². The molecule has 1 aromatic rings. The molecule has 0 fully saturated rings. The molecule has 2 heteroatoms. The first-order valence-electron chi connectivity index (χ1n) is 6.73. The van der Waals surface area contributed by atoms with Gasteiger partial charge in [-0.2, -0.15) is 0 Å². The molecular formula is C16H23NO. The van der Waals surface area contributed by atoms with Crippen molar-refractivity contribution in [1.82, 2.24) is 0 Å². The van der Waals surface area contributed by atoms with Crippen LogP contribution < -0.4 is 10.5 Å². The lowest BCUT2D eigenvalue weighted by molar-refractivity contribution is 0.244. The standard InChI is InChI=1S/C16H23NO/c1-5-13-8-9-16(4,17)14-7-6-12(11(2)3)10-15(14)18-13/h6-11,13H,5,17H2,1-4H3. The molecule has 18 heavy (non-hydrogen) atoms. The first kappa shape index (κ1) is 13.2. The highest BCUT2D eigenvalue weighted by Gasteiger charge is 2.26. The summed E-state index contributed by atoms with van der Waals surface area (Å²) in [6, 6.07) is 6.39. The molecule has 2 rings (SSSR count). The van der Waals surface area contributed by atoms with Crippen LogP contribution in [0.3, 0.4) is 0 Å². The third kappa shape index (κ3) is 2.44. The van der Waals surface area contributed by atoms with E-state index in [9.17, 15) is 0 Å². The van der Waals surface area contributed by atoms with Crippen molar-refractivity contribution >= 4 is 0 Å². The van der Waals surface area contributed by atoms with E-state index in [-0.39, 0.29) is 6.10 Å². The minimum absolute atomic E-state index is 0.122. The van der Waals surface area contributed by atoms with Crippen molar-refractivity contribution in [3.8, 4) is 5.75 Å². The van der Waals surface area contributed by atoms with Crippen LogP contribution in [0, 0.1) is 0 Å². The molecule has 0 aliphatic carbocycles. The van der Waals surface area contributed by atoms with Gasteiger partial charge in [0.2, 0.25) is 0 Å². The van der Waals surface area contributed by atoms with Crippen molar-refractivity contribution in [2.24, 2.45) is 5.73 Å². The smallest absolute Gasteiger partial charge is 0.125 e. The lowest BCUT2D eigenvalue weighted by Gasteiger charge is -2.23. The average Bonchev–Trinajstić information content (AvgIpc) is 2.45. The molecule has 2 atom stereocenters. The SMILES string of the molecule is CCC1C=CC(C)(N)c2ccc(C(C)C)cc2O1. The molecule has 2 nitrogen and oxygen atoms in total. The number of hydrogen-bond donors (Lipinski definition) is 1. The van der Waals surface area contributed by atoms with Crippen LogP contribution in [0.5, 0.6) is 5.75 Å². The van der Waals surface area contributed by atoms with Gasteiger partial charge >= 0.3 is 0 Å². The molecule has 0 spiro atoms. The fraction of sp³-hybridized carbons (Fsp3) is 0.500. The van der Waals surface area contributed by atoms with Crippen LogP contribution in [0.25, 0.3) is 0 Å². The summed E-state index contributed by atoms with van der Waals surface area (Å²) in [6.07, 6.45) is 5.21. The van der Waals surface area contributed by atoms with Gasteiger partial charge in [0.15, 0.2) is 0 Å². The summed E-state index contributed by atoms with van der Waals surface area (Å²) in [5.41, 5.74) is 8.28. The normalized spacial score (nSPS) is 26.7. The highest BCUT2D eigenvalue weighted by Crippen LogP contribution is 2.35. The second kappa shape index (κ2) is 4.77. The van der Waals surface area contributed by atoms with Gasteiger partial charge in [0.05, 0.1) is 5.54 Å². The molecule has 1 aromatic carbocycles. The molecule has 2 unspecified atom stereocenters. The summed E-state index contributed by atoms with van der Waals surface area (Å²) in [5, 5.41) is 0. The lowest BCUT2D eigenvalue weighted by atomic mass is 9.90. The van der Waals surface area contributed by atoms with E-state index in [2.05, 4.69) is 51.1 Å². The van der Waals surface area contributed by atoms with Crippen LogP contribution in [0.2, 0.25) is 0 Å². The third-order valence-electron chi connectivity index (χ3n) is 3.59. The third-order valence-corrected chi connectivity index (χ3v) is 3.59. The molecule has 0 saturated heterocycles. The highest BCUT2D eigenvalue weighted by atomic mass is 16.5. The van der Waals surface area contributed by atoms with Crippen LogP contribution in [0.1, 0.15) is 51.2 Å². The van der Waals surface area contributed by atoms with E-state index in [0.29, 0.717) is 5.92 Å². The summed E-state index contributed by atoms with van der Waals surface area (Å²) in [7, 11) is 0. The quantitative estimate of drug-likeness (QED) is 0.806. The Bertz CT molecular complexity index is 460. The van der Waals surface area contributed by atoms with Gasteiger partial charge in [0, 0.05) is 5.56 Å². The Morgan fingerprint density at radius 2 is 2.11 bits per heavy atom. The Kier molecular flexibility index (Phi) is 3.49. The first-order chi connectivity index (χ1) is 8.44. The van der Waals surface area contributed by atoms with E-state index >= 15 is 0 Å². The van der Waals surface area contributed by atoms with E-state index in [1.54, 1.807) is 0 Å². The van der Waals surface area contributed by atoms with Gasteiger partial charge in [-0.3, -0.25) is 0 Å². The van der Waals surface area contributed by atoms with Gasteiger partial charge in [-0.15, -0.1) is 0 Å². The van der Waals surface area contributed by atoms with Crippen molar-refractivity contribution < 1.29 is 4.74 Å². The molecule has 1 heterocycles. The summed E-state index contributed by atoms with van der Waals surface area (Å²) in [5.74, 6) is 1.43. The van der Waals surface area contributed by atoms with Crippen LogP contribution in [0.15, 0.2) is 30.4 Å². The topological polar surface area (TPSA) is 35.2 Å². The van der Waals surface area contributed by atoms with Gasteiger partial charge in [-0.1, -0.05) is 39.0 Å². The highest BCUT2D eigenvalue weighted by molar-refractivity contribution is 5.46. The monoisotopic (exact) mass is 245 g/mol. The number of ether oxygens (including phenoxy) is 1. The number of fused-ring (bicyclic) bond motifs is 1. The maximum absolute atomic E-state index is 6.37. The zero-order chi connectivity index (χ0) is 13.3.